The Labute approximate surface area is 127 Å². The molecule has 0 saturated carbocycles. The summed E-state index contributed by atoms with van der Waals surface area (Å²) >= 11 is 0. The van der Waals surface area contributed by atoms with Crippen molar-refractivity contribution in [3.63, 3.8) is 0 Å². The number of hydrazone groups is 1. The van der Waals surface area contributed by atoms with Crippen molar-refractivity contribution in [2.75, 3.05) is 26.2 Å². The molecule has 0 fully saturated rings. The second-order valence-electron chi connectivity index (χ2n) is 4.37. The van der Waals surface area contributed by atoms with Crippen molar-refractivity contribution in [3.05, 3.63) is 30.1 Å². The van der Waals surface area contributed by atoms with Crippen LogP contribution in [0.25, 0.3) is 0 Å². The fourth-order valence-corrected chi connectivity index (χ4v) is 1.81. The van der Waals surface area contributed by atoms with Gasteiger partial charge in [0.1, 0.15) is 5.82 Å². The lowest BCUT2D eigenvalue weighted by atomic mass is 10.1. The summed E-state index contributed by atoms with van der Waals surface area (Å²) in [5, 5.41) is 3.79. The van der Waals surface area contributed by atoms with E-state index in [9.17, 15) is 14.0 Å². The molecule has 0 radical (unpaired) electrons. The van der Waals surface area contributed by atoms with E-state index in [-0.39, 0.29) is 5.71 Å². The van der Waals surface area contributed by atoms with Crippen LogP contribution in [0.3, 0.4) is 0 Å². The normalized spacial score (nSPS) is 12.3. The molecule has 7 nitrogen and oxygen atoms in total. The molecule has 22 heavy (non-hydrogen) atoms. The van der Waals surface area contributed by atoms with Gasteiger partial charge in [-0.05, 0) is 25.1 Å². The van der Waals surface area contributed by atoms with E-state index < -0.39 is 23.9 Å². The summed E-state index contributed by atoms with van der Waals surface area (Å²) < 4.78 is 22.5. The zero-order chi connectivity index (χ0) is 16.7. The van der Waals surface area contributed by atoms with E-state index in [0.717, 1.165) is 0 Å². The molecule has 1 amide bonds. The van der Waals surface area contributed by atoms with Crippen LogP contribution in [0, 0.1) is 5.82 Å². The molecule has 0 heterocycles. The van der Waals surface area contributed by atoms with Gasteiger partial charge in [0, 0.05) is 12.7 Å². The maximum Gasteiger partial charge on any atom is 0.427 e. The molecule has 0 bridgehead atoms. The molecular weight excluding hydrogens is 293 g/mol. The fraction of sp³-hybridized carbons (Fsp3) is 0.357. The van der Waals surface area contributed by atoms with Crippen LogP contribution >= 0.6 is 0 Å². The first-order chi connectivity index (χ1) is 10.4. The van der Waals surface area contributed by atoms with Crippen LogP contribution in [0.2, 0.25) is 0 Å². The summed E-state index contributed by atoms with van der Waals surface area (Å²) in [4.78, 5) is 24.5. The molecule has 0 saturated heterocycles. The lowest BCUT2D eigenvalue weighted by Crippen LogP contribution is -2.45. The SMILES string of the molecule is COC(=O)N/N=C(/C)C(C(=O)OC)N(C)c1cccc(F)c1. The molecule has 1 rings (SSSR count). The first-order valence-electron chi connectivity index (χ1n) is 6.35. The number of nitrogens with zero attached hydrogens (tertiary/aromatic N) is 2. The molecule has 1 aromatic rings. The smallest absolute Gasteiger partial charge is 0.427 e. The minimum absolute atomic E-state index is 0.254. The highest BCUT2D eigenvalue weighted by Crippen LogP contribution is 2.18. The highest BCUT2D eigenvalue weighted by atomic mass is 19.1. The van der Waals surface area contributed by atoms with Gasteiger partial charge in [0.25, 0.3) is 0 Å². The number of esters is 1. The maximum atomic E-state index is 13.3. The van der Waals surface area contributed by atoms with Gasteiger partial charge in [-0.15, -0.1) is 0 Å². The van der Waals surface area contributed by atoms with E-state index in [4.69, 9.17) is 4.74 Å². The van der Waals surface area contributed by atoms with Crippen molar-refractivity contribution >= 4 is 23.5 Å². The van der Waals surface area contributed by atoms with Crippen LogP contribution in [0.4, 0.5) is 14.9 Å². The van der Waals surface area contributed by atoms with Crippen LogP contribution in [0.1, 0.15) is 6.92 Å². The molecule has 0 aromatic heterocycles. The number of rotatable bonds is 5. The minimum Gasteiger partial charge on any atom is -0.467 e. The quantitative estimate of drug-likeness (QED) is 0.507. The second-order valence-corrected chi connectivity index (χ2v) is 4.37. The van der Waals surface area contributed by atoms with Crippen LogP contribution in [0.15, 0.2) is 29.4 Å². The number of nitrogens with one attached hydrogen (secondary N) is 1. The summed E-state index contributed by atoms with van der Waals surface area (Å²) in [5.74, 6) is -1.03. The Balaban J connectivity index is 3.07. The van der Waals surface area contributed by atoms with Crippen molar-refractivity contribution in [1.82, 2.24) is 5.43 Å². The van der Waals surface area contributed by atoms with Crippen LogP contribution in [-0.2, 0) is 14.3 Å². The summed E-state index contributed by atoms with van der Waals surface area (Å²) in [7, 11) is 4.01. The summed E-state index contributed by atoms with van der Waals surface area (Å²) in [6, 6.07) is 4.81. The van der Waals surface area contributed by atoms with E-state index >= 15 is 0 Å². The van der Waals surface area contributed by atoms with Crippen LogP contribution in [0.5, 0.6) is 0 Å². The third-order valence-corrected chi connectivity index (χ3v) is 2.93. The zero-order valence-electron chi connectivity index (χ0n) is 12.8. The van der Waals surface area contributed by atoms with E-state index in [1.54, 1.807) is 13.1 Å². The number of likely N-dealkylation sites (N-methyl/N-ethyl adjacent to an activating group) is 1. The average Bonchev–Trinajstić information content (AvgIpc) is 2.52. The highest BCUT2D eigenvalue weighted by Gasteiger charge is 2.28. The minimum atomic E-state index is -0.927. The Morgan fingerprint density at radius 3 is 2.55 bits per heavy atom. The number of hydrogen-bond acceptors (Lipinski definition) is 6. The van der Waals surface area contributed by atoms with Gasteiger partial charge in [0.2, 0.25) is 0 Å². The van der Waals surface area contributed by atoms with Gasteiger partial charge in [-0.25, -0.2) is 19.4 Å². The summed E-state index contributed by atoms with van der Waals surface area (Å²) in [5.41, 5.74) is 2.84. The molecular formula is C14H18FN3O4. The molecule has 1 atom stereocenters. The predicted octanol–water partition coefficient (Wildman–Crippen LogP) is 1.54. The number of methoxy groups -OCH3 is 2. The van der Waals surface area contributed by atoms with Gasteiger partial charge in [-0.1, -0.05) is 6.07 Å². The Morgan fingerprint density at radius 1 is 1.32 bits per heavy atom. The summed E-state index contributed by atoms with van der Waals surface area (Å²) in [6.07, 6.45) is -0.767. The molecule has 8 heteroatoms. The topological polar surface area (TPSA) is 80.2 Å². The van der Waals surface area contributed by atoms with Gasteiger partial charge in [-0.2, -0.15) is 5.10 Å². The van der Waals surface area contributed by atoms with Gasteiger partial charge >= 0.3 is 12.1 Å². The lowest BCUT2D eigenvalue weighted by Gasteiger charge is -2.27. The lowest BCUT2D eigenvalue weighted by molar-refractivity contribution is -0.140. The van der Waals surface area contributed by atoms with Crippen molar-refractivity contribution in [2.45, 2.75) is 13.0 Å². The van der Waals surface area contributed by atoms with E-state index in [1.165, 1.54) is 44.2 Å². The third-order valence-electron chi connectivity index (χ3n) is 2.93. The number of hydrogen-bond donors (Lipinski definition) is 1. The van der Waals surface area contributed by atoms with E-state index in [0.29, 0.717) is 5.69 Å². The second kappa shape index (κ2) is 7.96. The molecule has 120 valence electrons. The Morgan fingerprint density at radius 2 is 2.00 bits per heavy atom. The largest absolute Gasteiger partial charge is 0.467 e. The Hall–Kier alpha value is -2.64. The van der Waals surface area contributed by atoms with Crippen molar-refractivity contribution < 1.29 is 23.5 Å². The average molecular weight is 311 g/mol. The van der Waals surface area contributed by atoms with Gasteiger partial charge in [0.15, 0.2) is 6.04 Å². The van der Waals surface area contributed by atoms with Gasteiger partial charge in [-0.3, -0.25) is 0 Å². The fourth-order valence-electron chi connectivity index (χ4n) is 1.81. The molecule has 0 aliphatic rings. The number of anilines is 1. The van der Waals surface area contributed by atoms with Crippen molar-refractivity contribution in [2.24, 2.45) is 5.10 Å². The van der Waals surface area contributed by atoms with E-state index in [2.05, 4.69) is 15.3 Å². The molecule has 0 aliphatic carbocycles. The van der Waals surface area contributed by atoms with Crippen molar-refractivity contribution in [1.29, 1.82) is 0 Å². The highest BCUT2D eigenvalue weighted by molar-refractivity contribution is 6.07. The zero-order valence-corrected chi connectivity index (χ0v) is 12.8. The number of ether oxygens (including phenoxy) is 2. The van der Waals surface area contributed by atoms with Gasteiger partial charge in [0.05, 0.1) is 19.9 Å². The number of carbonyl (C=O) groups excluding carboxylic acids is 2. The Bertz CT molecular complexity index is 577. The Kier molecular flexibility index (Phi) is 6.30. The first kappa shape index (κ1) is 17.4. The molecule has 1 unspecified atom stereocenters. The monoisotopic (exact) mass is 311 g/mol. The molecule has 0 aliphatic heterocycles. The van der Waals surface area contributed by atoms with Crippen LogP contribution < -0.4 is 10.3 Å². The van der Waals surface area contributed by atoms with Crippen LogP contribution in [-0.4, -0.2) is 45.1 Å². The number of amides is 1. The van der Waals surface area contributed by atoms with Crippen molar-refractivity contribution in [3.8, 4) is 0 Å². The number of halogens is 1. The molecule has 1 N–H and O–H groups in total. The third kappa shape index (κ3) is 4.44. The van der Waals surface area contributed by atoms with Gasteiger partial charge < -0.3 is 14.4 Å². The number of carbonyl (C=O) groups is 2. The maximum absolute atomic E-state index is 13.3. The molecule has 0 spiro atoms. The number of benzene rings is 1. The summed E-state index contributed by atoms with van der Waals surface area (Å²) in [6.45, 7) is 1.54. The molecule has 1 aromatic carbocycles. The first-order valence-corrected chi connectivity index (χ1v) is 6.35. The predicted molar refractivity (Wildman–Crippen MR) is 79.3 cm³/mol. The standard InChI is InChI=1S/C14H18FN3O4/c1-9(16-17-14(20)22-4)12(13(19)21-3)18(2)11-7-5-6-10(15)8-11/h5-8,12H,1-4H3,(H,17,20)/b16-9-. The van der Waals surface area contributed by atoms with E-state index in [1.807, 2.05) is 0 Å².